The van der Waals surface area contributed by atoms with Crippen LogP contribution < -0.4 is 18.9 Å². The molecule has 0 bridgehead atoms. The second-order valence-corrected chi connectivity index (χ2v) is 7.92. The van der Waals surface area contributed by atoms with Crippen LogP contribution >= 0.6 is 0 Å². The smallest absolute Gasteiger partial charge is 0.265 e. The van der Waals surface area contributed by atoms with Crippen LogP contribution in [0.25, 0.3) is 11.1 Å². The standard InChI is InChI=1S/C22H21NO6S/c1-27-19-13-17(14-20(28-2)21(19)29-3)22(24)23-30(25,26)18-11-7-10-16(12-18)15-8-5-4-6-9-15/h4-14H,1-3H3,(H,23,24). The number of methoxy groups -OCH3 is 3. The molecule has 0 aliphatic rings. The summed E-state index contributed by atoms with van der Waals surface area (Å²) in [4.78, 5) is 12.7. The summed E-state index contributed by atoms with van der Waals surface area (Å²) >= 11 is 0. The molecular weight excluding hydrogens is 406 g/mol. The molecule has 0 aliphatic carbocycles. The number of nitrogens with one attached hydrogen (secondary N) is 1. The van der Waals surface area contributed by atoms with Gasteiger partial charge in [-0.15, -0.1) is 0 Å². The number of carbonyl (C=O) groups excluding carboxylic acids is 1. The van der Waals surface area contributed by atoms with Crippen LogP contribution in [0, 0.1) is 0 Å². The molecule has 0 unspecified atom stereocenters. The predicted molar refractivity (Wildman–Crippen MR) is 113 cm³/mol. The van der Waals surface area contributed by atoms with Gasteiger partial charge in [-0.3, -0.25) is 4.79 Å². The van der Waals surface area contributed by atoms with Crippen LogP contribution in [-0.4, -0.2) is 35.7 Å². The van der Waals surface area contributed by atoms with Gasteiger partial charge in [-0.25, -0.2) is 13.1 Å². The molecule has 30 heavy (non-hydrogen) atoms. The third kappa shape index (κ3) is 4.38. The molecule has 0 saturated heterocycles. The normalized spacial score (nSPS) is 10.9. The molecule has 0 fully saturated rings. The number of rotatable bonds is 7. The van der Waals surface area contributed by atoms with E-state index in [1.807, 2.05) is 30.3 Å². The zero-order valence-corrected chi connectivity index (χ0v) is 17.5. The molecule has 0 atom stereocenters. The van der Waals surface area contributed by atoms with Crippen molar-refractivity contribution in [1.29, 1.82) is 0 Å². The summed E-state index contributed by atoms with van der Waals surface area (Å²) in [6.07, 6.45) is 0. The Morgan fingerprint density at radius 3 is 1.93 bits per heavy atom. The first kappa shape index (κ1) is 21.2. The van der Waals surface area contributed by atoms with Crippen LogP contribution in [0.1, 0.15) is 10.4 Å². The number of amides is 1. The van der Waals surface area contributed by atoms with E-state index in [1.165, 1.54) is 45.6 Å². The fraction of sp³-hybridized carbons (Fsp3) is 0.136. The molecule has 3 aromatic rings. The summed E-state index contributed by atoms with van der Waals surface area (Å²) in [5.74, 6) is -0.0368. The fourth-order valence-electron chi connectivity index (χ4n) is 2.93. The third-order valence-electron chi connectivity index (χ3n) is 4.41. The lowest BCUT2D eigenvalue weighted by Crippen LogP contribution is -2.30. The van der Waals surface area contributed by atoms with E-state index in [4.69, 9.17) is 14.2 Å². The van der Waals surface area contributed by atoms with E-state index in [-0.39, 0.29) is 22.0 Å². The highest BCUT2D eigenvalue weighted by molar-refractivity contribution is 7.90. The summed E-state index contributed by atoms with van der Waals surface area (Å²) in [5, 5.41) is 0. The second kappa shape index (κ2) is 8.87. The summed E-state index contributed by atoms with van der Waals surface area (Å²) in [7, 11) is 0.144. The van der Waals surface area contributed by atoms with Crippen LogP contribution in [0.15, 0.2) is 71.6 Å². The van der Waals surface area contributed by atoms with Gasteiger partial charge in [0.25, 0.3) is 15.9 Å². The Kier molecular flexibility index (Phi) is 6.27. The number of benzene rings is 3. The predicted octanol–water partition coefficient (Wildman–Crippen LogP) is 3.50. The van der Waals surface area contributed by atoms with E-state index < -0.39 is 15.9 Å². The first-order chi connectivity index (χ1) is 14.4. The molecule has 0 aliphatic heterocycles. The van der Waals surface area contributed by atoms with Crippen molar-refractivity contribution in [2.24, 2.45) is 0 Å². The molecule has 0 spiro atoms. The molecule has 0 radical (unpaired) electrons. The minimum atomic E-state index is -4.11. The number of sulfonamides is 1. The molecule has 1 N–H and O–H groups in total. The molecule has 7 nitrogen and oxygen atoms in total. The van der Waals surface area contributed by atoms with Crippen LogP contribution in [0.4, 0.5) is 0 Å². The number of ether oxygens (including phenoxy) is 3. The summed E-state index contributed by atoms with van der Waals surface area (Å²) < 4.78 is 43.4. The molecule has 0 saturated carbocycles. The van der Waals surface area contributed by atoms with Crippen molar-refractivity contribution in [3.8, 4) is 28.4 Å². The Bertz CT molecular complexity index is 1130. The fourth-order valence-corrected chi connectivity index (χ4v) is 3.95. The highest BCUT2D eigenvalue weighted by Crippen LogP contribution is 2.38. The lowest BCUT2D eigenvalue weighted by molar-refractivity contribution is 0.0980. The Morgan fingerprint density at radius 2 is 1.37 bits per heavy atom. The van der Waals surface area contributed by atoms with Crippen molar-refractivity contribution in [2.75, 3.05) is 21.3 Å². The van der Waals surface area contributed by atoms with Crippen molar-refractivity contribution in [3.05, 3.63) is 72.3 Å². The maximum Gasteiger partial charge on any atom is 0.265 e. The molecule has 1 amide bonds. The van der Waals surface area contributed by atoms with E-state index >= 15 is 0 Å². The van der Waals surface area contributed by atoms with Crippen molar-refractivity contribution in [3.63, 3.8) is 0 Å². The minimum Gasteiger partial charge on any atom is -0.493 e. The SMILES string of the molecule is COc1cc(C(=O)NS(=O)(=O)c2cccc(-c3ccccc3)c2)cc(OC)c1OC. The third-order valence-corrected chi connectivity index (χ3v) is 5.73. The Morgan fingerprint density at radius 1 is 0.767 bits per heavy atom. The molecule has 3 rings (SSSR count). The topological polar surface area (TPSA) is 90.9 Å². The van der Waals surface area contributed by atoms with Crippen molar-refractivity contribution in [2.45, 2.75) is 4.90 Å². The van der Waals surface area contributed by atoms with Crippen LogP contribution in [0.3, 0.4) is 0 Å². The van der Waals surface area contributed by atoms with Gasteiger partial charge in [-0.1, -0.05) is 42.5 Å². The van der Waals surface area contributed by atoms with Gasteiger partial charge in [-0.2, -0.15) is 0 Å². The van der Waals surface area contributed by atoms with Gasteiger partial charge in [0.15, 0.2) is 11.5 Å². The molecule has 0 aromatic heterocycles. The Hall–Kier alpha value is -3.52. The van der Waals surface area contributed by atoms with E-state index in [1.54, 1.807) is 12.1 Å². The lowest BCUT2D eigenvalue weighted by atomic mass is 10.1. The van der Waals surface area contributed by atoms with Crippen LogP contribution in [0.2, 0.25) is 0 Å². The first-order valence-corrected chi connectivity index (χ1v) is 10.4. The van der Waals surface area contributed by atoms with E-state index in [2.05, 4.69) is 4.72 Å². The van der Waals surface area contributed by atoms with Gasteiger partial charge in [-0.05, 0) is 35.4 Å². The van der Waals surface area contributed by atoms with Gasteiger partial charge in [0, 0.05) is 5.56 Å². The summed E-state index contributed by atoms with van der Waals surface area (Å²) in [5.41, 5.74) is 1.64. The van der Waals surface area contributed by atoms with Crippen molar-refractivity contribution >= 4 is 15.9 Å². The molecule has 8 heteroatoms. The molecule has 156 valence electrons. The Labute approximate surface area is 175 Å². The number of hydrogen-bond acceptors (Lipinski definition) is 6. The molecule has 3 aromatic carbocycles. The van der Waals surface area contributed by atoms with Crippen molar-refractivity contribution in [1.82, 2.24) is 4.72 Å². The minimum absolute atomic E-state index is 0.0235. The van der Waals surface area contributed by atoms with Gasteiger partial charge in [0.2, 0.25) is 5.75 Å². The highest BCUT2D eigenvalue weighted by atomic mass is 32.2. The zero-order valence-electron chi connectivity index (χ0n) is 16.7. The van der Waals surface area contributed by atoms with Gasteiger partial charge in [0.1, 0.15) is 0 Å². The largest absolute Gasteiger partial charge is 0.493 e. The lowest BCUT2D eigenvalue weighted by Gasteiger charge is -2.14. The van der Waals surface area contributed by atoms with Crippen molar-refractivity contribution < 1.29 is 27.4 Å². The van der Waals surface area contributed by atoms with E-state index in [0.29, 0.717) is 5.75 Å². The quantitative estimate of drug-likeness (QED) is 0.621. The average molecular weight is 427 g/mol. The molecular formula is C22H21NO6S. The summed E-state index contributed by atoms with van der Waals surface area (Å²) in [6.45, 7) is 0. The Balaban J connectivity index is 1.92. The molecule has 0 heterocycles. The maximum atomic E-state index is 12.8. The number of carbonyl (C=O) groups is 1. The van der Waals surface area contributed by atoms with E-state index in [0.717, 1.165) is 11.1 Å². The zero-order chi connectivity index (χ0) is 21.7. The second-order valence-electron chi connectivity index (χ2n) is 6.24. The highest BCUT2D eigenvalue weighted by Gasteiger charge is 2.22. The number of hydrogen-bond donors (Lipinski definition) is 1. The van der Waals surface area contributed by atoms with Gasteiger partial charge in [0.05, 0.1) is 26.2 Å². The first-order valence-electron chi connectivity index (χ1n) is 8.92. The van der Waals surface area contributed by atoms with Crippen LogP contribution in [-0.2, 0) is 10.0 Å². The van der Waals surface area contributed by atoms with E-state index in [9.17, 15) is 13.2 Å². The average Bonchev–Trinajstić information content (AvgIpc) is 2.78. The van der Waals surface area contributed by atoms with Gasteiger partial charge < -0.3 is 14.2 Å². The monoisotopic (exact) mass is 427 g/mol. The maximum absolute atomic E-state index is 12.8. The summed E-state index contributed by atoms with van der Waals surface area (Å²) in [6, 6.07) is 18.5. The van der Waals surface area contributed by atoms with Crippen LogP contribution in [0.5, 0.6) is 17.2 Å². The van der Waals surface area contributed by atoms with Gasteiger partial charge >= 0.3 is 0 Å².